The van der Waals surface area contributed by atoms with E-state index in [1.165, 1.54) is 0 Å². The molecule has 0 saturated carbocycles. The van der Waals surface area contributed by atoms with Crippen LogP contribution in [-0.2, 0) is 5.88 Å². The summed E-state index contributed by atoms with van der Waals surface area (Å²) in [5.41, 5.74) is 0. The molecule has 0 atom stereocenters. The summed E-state index contributed by atoms with van der Waals surface area (Å²) in [6.45, 7) is 0. The molecule has 0 saturated heterocycles. The van der Waals surface area contributed by atoms with E-state index in [1.807, 2.05) is 36.4 Å². The smallest absolute Gasteiger partial charge is 0.162 e. The summed E-state index contributed by atoms with van der Waals surface area (Å²) in [6.07, 6.45) is 0. The first-order chi connectivity index (χ1) is 11.7. The van der Waals surface area contributed by atoms with Crippen LogP contribution >= 0.6 is 22.9 Å². The average Bonchev–Trinajstić information content (AvgIpc) is 2.97. The Labute approximate surface area is 149 Å². The molecule has 2 aromatic carbocycles. The Bertz CT molecular complexity index is 842. The van der Waals surface area contributed by atoms with Crippen LogP contribution in [0.3, 0.4) is 0 Å². The third-order valence-electron chi connectivity index (χ3n) is 3.62. The number of rotatable bonds is 6. The summed E-state index contributed by atoms with van der Waals surface area (Å²) in [4.78, 5) is 0.956. The summed E-state index contributed by atoms with van der Waals surface area (Å²) in [5.74, 6) is 3.95. The van der Waals surface area contributed by atoms with E-state index >= 15 is 0 Å². The summed E-state index contributed by atoms with van der Waals surface area (Å²) in [6, 6.07) is 11.3. The highest BCUT2D eigenvalue weighted by Gasteiger charge is 2.17. The Morgan fingerprint density at radius 3 is 2.08 bits per heavy atom. The zero-order valence-corrected chi connectivity index (χ0v) is 15.2. The summed E-state index contributed by atoms with van der Waals surface area (Å²) < 4.78 is 23.1. The lowest BCUT2D eigenvalue weighted by atomic mass is 10.2. The van der Waals surface area contributed by atoms with Gasteiger partial charge in [-0.15, -0.1) is 22.9 Å². The standard InChI is InChI=1S/C18H17ClO4S/c1-20-11-4-6-12(7-5-11)23-18-13-8-14(21-2)15(22-3)9-16(13)24-17(18)10-19/h4-9H,10H2,1-3H3. The molecule has 24 heavy (non-hydrogen) atoms. The van der Waals surface area contributed by atoms with E-state index in [0.717, 1.165) is 32.2 Å². The zero-order valence-electron chi connectivity index (χ0n) is 13.6. The Hall–Kier alpha value is -2.11. The van der Waals surface area contributed by atoms with Gasteiger partial charge in [0.1, 0.15) is 11.5 Å². The number of ether oxygens (including phenoxy) is 4. The fraction of sp³-hybridized carbons (Fsp3) is 0.222. The van der Waals surface area contributed by atoms with E-state index < -0.39 is 0 Å². The highest BCUT2D eigenvalue weighted by Crippen LogP contribution is 2.45. The Morgan fingerprint density at radius 1 is 0.875 bits per heavy atom. The van der Waals surface area contributed by atoms with Crippen LogP contribution in [0.4, 0.5) is 0 Å². The van der Waals surface area contributed by atoms with Gasteiger partial charge in [0.05, 0.1) is 32.1 Å². The molecule has 0 bridgehead atoms. The second kappa shape index (κ2) is 7.20. The molecule has 1 aromatic heterocycles. The monoisotopic (exact) mass is 364 g/mol. The lowest BCUT2D eigenvalue weighted by Crippen LogP contribution is -1.90. The molecule has 0 aliphatic heterocycles. The van der Waals surface area contributed by atoms with Gasteiger partial charge in [-0.2, -0.15) is 0 Å². The maximum absolute atomic E-state index is 6.11. The van der Waals surface area contributed by atoms with Crippen molar-refractivity contribution in [3.63, 3.8) is 0 Å². The second-order valence-corrected chi connectivity index (χ2v) is 6.37. The molecule has 0 N–H and O–H groups in total. The third-order valence-corrected chi connectivity index (χ3v) is 5.18. The first kappa shape index (κ1) is 16.7. The van der Waals surface area contributed by atoms with Gasteiger partial charge in [-0.3, -0.25) is 0 Å². The van der Waals surface area contributed by atoms with Crippen molar-refractivity contribution in [2.45, 2.75) is 5.88 Å². The number of hydrogen-bond acceptors (Lipinski definition) is 5. The quantitative estimate of drug-likeness (QED) is 0.544. The number of methoxy groups -OCH3 is 3. The van der Waals surface area contributed by atoms with Crippen LogP contribution < -0.4 is 18.9 Å². The molecule has 4 nitrogen and oxygen atoms in total. The first-order valence-corrected chi connectivity index (χ1v) is 8.60. The molecule has 0 aliphatic rings. The van der Waals surface area contributed by atoms with Crippen molar-refractivity contribution in [1.82, 2.24) is 0 Å². The fourth-order valence-corrected chi connectivity index (χ4v) is 3.69. The van der Waals surface area contributed by atoms with Crippen LogP contribution in [0.1, 0.15) is 4.88 Å². The van der Waals surface area contributed by atoms with Crippen LogP contribution in [0, 0.1) is 0 Å². The van der Waals surface area contributed by atoms with Gasteiger partial charge >= 0.3 is 0 Å². The number of thiophene rings is 1. The minimum absolute atomic E-state index is 0.371. The second-order valence-electron chi connectivity index (χ2n) is 4.97. The lowest BCUT2D eigenvalue weighted by molar-refractivity contribution is 0.356. The predicted molar refractivity (Wildman–Crippen MR) is 97.6 cm³/mol. The van der Waals surface area contributed by atoms with E-state index in [9.17, 15) is 0 Å². The molecule has 6 heteroatoms. The molecule has 0 spiro atoms. The van der Waals surface area contributed by atoms with Gasteiger partial charge in [0.25, 0.3) is 0 Å². The van der Waals surface area contributed by atoms with Gasteiger partial charge in [-0.05, 0) is 30.3 Å². The van der Waals surface area contributed by atoms with Gasteiger partial charge < -0.3 is 18.9 Å². The molecule has 3 rings (SSSR count). The van der Waals surface area contributed by atoms with E-state index in [-0.39, 0.29) is 0 Å². The summed E-state index contributed by atoms with van der Waals surface area (Å²) >= 11 is 7.70. The molecule has 0 amide bonds. The zero-order chi connectivity index (χ0) is 17.1. The average molecular weight is 365 g/mol. The third kappa shape index (κ3) is 3.09. The van der Waals surface area contributed by atoms with Gasteiger partial charge in [0.15, 0.2) is 17.2 Å². The van der Waals surface area contributed by atoms with Crippen molar-refractivity contribution in [2.24, 2.45) is 0 Å². The molecule has 1 heterocycles. The minimum Gasteiger partial charge on any atom is -0.497 e. The van der Waals surface area contributed by atoms with Gasteiger partial charge in [0, 0.05) is 16.2 Å². The first-order valence-electron chi connectivity index (χ1n) is 7.25. The van der Waals surface area contributed by atoms with Crippen molar-refractivity contribution >= 4 is 33.0 Å². The lowest BCUT2D eigenvalue weighted by Gasteiger charge is -2.10. The molecule has 0 radical (unpaired) electrons. The SMILES string of the molecule is COc1ccc(Oc2c(CCl)sc3cc(OC)c(OC)cc23)cc1. The number of halogens is 1. The maximum atomic E-state index is 6.11. The number of benzene rings is 2. The Balaban J connectivity index is 2.07. The highest BCUT2D eigenvalue weighted by atomic mass is 35.5. The van der Waals surface area contributed by atoms with Gasteiger partial charge in [-0.25, -0.2) is 0 Å². The molecular formula is C18H17ClO4S. The Morgan fingerprint density at radius 2 is 1.50 bits per heavy atom. The van der Waals surface area contributed by atoms with Crippen LogP contribution in [0.25, 0.3) is 10.1 Å². The number of hydrogen-bond donors (Lipinski definition) is 0. The van der Waals surface area contributed by atoms with Crippen LogP contribution in [0.15, 0.2) is 36.4 Å². The maximum Gasteiger partial charge on any atom is 0.162 e. The van der Waals surface area contributed by atoms with E-state index in [0.29, 0.717) is 17.4 Å². The van der Waals surface area contributed by atoms with Crippen LogP contribution in [0.2, 0.25) is 0 Å². The largest absolute Gasteiger partial charge is 0.497 e. The minimum atomic E-state index is 0.371. The van der Waals surface area contributed by atoms with Crippen molar-refractivity contribution < 1.29 is 18.9 Å². The fourth-order valence-electron chi connectivity index (χ4n) is 2.41. The van der Waals surface area contributed by atoms with Gasteiger partial charge in [-0.1, -0.05) is 0 Å². The number of alkyl halides is 1. The molecule has 0 fully saturated rings. The molecule has 0 unspecified atom stereocenters. The van der Waals surface area contributed by atoms with Crippen molar-refractivity contribution in [3.8, 4) is 28.7 Å². The van der Waals surface area contributed by atoms with Crippen LogP contribution in [-0.4, -0.2) is 21.3 Å². The highest BCUT2D eigenvalue weighted by molar-refractivity contribution is 7.19. The summed E-state index contributed by atoms with van der Waals surface area (Å²) in [7, 11) is 4.87. The van der Waals surface area contributed by atoms with E-state index in [4.69, 9.17) is 30.5 Å². The Kier molecular flexibility index (Phi) is 5.02. The van der Waals surface area contributed by atoms with E-state index in [2.05, 4.69) is 0 Å². The van der Waals surface area contributed by atoms with E-state index in [1.54, 1.807) is 32.7 Å². The summed E-state index contributed by atoms with van der Waals surface area (Å²) in [5, 5.41) is 0.948. The molecule has 0 aliphatic carbocycles. The van der Waals surface area contributed by atoms with Crippen molar-refractivity contribution in [3.05, 3.63) is 41.3 Å². The molecular weight excluding hydrogens is 348 g/mol. The van der Waals surface area contributed by atoms with Crippen molar-refractivity contribution in [2.75, 3.05) is 21.3 Å². The van der Waals surface area contributed by atoms with Gasteiger partial charge in [0.2, 0.25) is 0 Å². The molecule has 3 aromatic rings. The molecule has 126 valence electrons. The predicted octanol–water partition coefficient (Wildman–Crippen LogP) is 5.46. The van der Waals surface area contributed by atoms with Crippen molar-refractivity contribution in [1.29, 1.82) is 0 Å². The number of fused-ring (bicyclic) bond motifs is 1. The topological polar surface area (TPSA) is 36.9 Å². The normalized spacial score (nSPS) is 10.7. The van der Waals surface area contributed by atoms with Crippen LogP contribution in [0.5, 0.6) is 28.7 Å².